The maximum atomic E-state index is 11.6. The largest absolute Gasteiger partial charge is 0.351 e. The Morgan fingerprint density at radius 1 is 1.38 bits per heavy atom. The molecular formula is C10H20N2O3S. The molecule has 0 aliphatic carbocycles. The van der Waals surface area contributed by atoms with Crippen LogP contribution in [0.4, 0.5) is 0 Å². The molecule has 0 aromatic heterocycles. The van der Waals surface area contributed by atoms with E-state index in [9.17, 15) is 13.2 Å². The van der Waals surface area contributed by atoms with Crippen LogP contribution < -0.4 is 10.6 Å². The minimum Gasteiger partial charge on any atom is -0.351 e. The standard InChI is InChI=1S/C10H20N2O3S/c1-10(4-6-11-7-5-10)12-9(13)3-8-16(2,14)15/h11H,3-8H2,1-2H3,(H,12,13). The number of nitrogens with one attached hydrogen (secondary N) is 2. The maximum absolute atomic E-state index is 11.6. The Morgan fingerprint density at radius 3 is 2.44 bits per heavy atom. The molecule has 1 saturated heterocycles. The second-order valence-electron chi connectivity index (χ2n) is 4.74. The molecule has 0 bridgehead atoms. The van der Waals surface area contributed by atoms with Crippen molar-refractivity contribution in [3.05, 3.63) is 0 Å². The molecule has 2 N–H and O–H groups in total. The molecule has 1 amide bonds. The predicted molar refractivity (Wildman–Crippen MR) is 63.0 cm³/mol. The Balaban J connectivity index is 2.38. The zero-order chi connectivity index (χ0) is 12.2. The highest BCUT2D eigenvalue weighted by atomic mass is 32.2. The molecule has 0 aromatic rings. The van der Waals surface area contributed by atoms with Crippen LogP contribution >= 0.6 is 0 Å². The molecule has 16 heavy (non-hydrogen) atoms. The van der Waals surface area contributed by atoms with Gasteiger partial charge in [0.2, 0.25) is 5.91 Å². The van der Waals surface area contributed by atoms with Gasteiger partial charge >= 0.3 is 0 Å². The molecule has 0 spiro atoms. The minimum absolute atomic E-state index is 0.0574. The molecule has 1 aliphatic heterocycles. The quantitative estimate of drug-likeness (QED) is 0.715. The summed E-state index contributed by atoms with van der Waals surface area (Å²) in [5, 5.41) is 6.15. The van der Waals surface area contributed by atoms with Crippen LogP contribution in [0.15, 0.2) is 0 Å². The van der Waals surface area contributed by atoms with Crippen molar-refractivity contribution < 1.29 is 13.2 Å². The average molecular weight is 248 g/mol. The van der Waals surface area contributed by atoms with Gasteiger partial charge in [-0.3, -0.25) is 4.79 Å². The van der Waals surface area contributed by atoms with Gasteiger partial charge in [0, 0.05) is 18.2 Å². The summed E-state index contributed by atoms with van der Waals surface area (Å²) in [6.07, 6.45) is 2.98. The molecule has 0 atom stereocenters. The van der Waals surface area contributed by atoms with E-state index in [1.54, 1.807) is 0 Å². The lowest BCUT2D eigenvalue weighted by Gasteiger charge is -2.35. The zero-order valence-electron chi connectivity index (χ0n) is 9.88. The summed E-state index contributed by atoms with van der Waals surface area (Å²) in [7, 11) is -3.05. The van der Waals surface area contributed by atoms with Crippen molar-refractivity contribution in [2.75, 3.05) is 25.1 Å². The second-order valence-corrected chi connectivity index (χ2v) is 7.00. The van der Waals surface area contributed by atoms with Crippen molar-refractivity contribution >= 4 is 15.7 Å². The van der Waals surface area contributed by atoms with E-state index in [1.165, 1.54) is 0 Å². The van der Waals surface area contributed by atoms with Gasteiger partial charge in [-0.05, 0) is 32.9 Å². The highest BCUT2D eigenvalue weighted by Crippen LogP contribution is 2.17. The van der Waals surface area contributed by atoms with E-state index in [0.29, 0.717) is 0 Å². The van der Waals surface area contributed by atoms with Crippen molar-refractivity contribution in [3.63, 3.8) is 0 Å². The third-order valence-corrected chi connectivity index (χ3v) is 3.79. The number of carbonyl (C=O) groups excluding carboxylic acids is 1. The van der Waals surface area contributed by atoms with Crippen molar-refractivity contribution in [1.29, 1.82) is 0 Å². The molecule has 1 fully saturated rings. The first-order valence-electron chi connectivity index (χ1n) is 5.50. The first kappa shape index (κ1) is 13.4. The van der Waals surface area contributed by atoms with Crippen molar-refractivity contribution in [1.82, 2.24) is 10.6 Å². The first-order valence-corrected chi connectivity index (χ1v) is 7.56. The summed E-state index contributed by atoms with van der Waals surface area (Å²) in [5.74, 6) is -0.248. The lowest BCUT2D eigenvalue weighted by Crippen LogP contribution is -2.52. The number of rotatable bonds is 4. The van der Waals surface area contributed by atoms with Crippen LogP contribution in [0.1, 0.15) is 26.2 Å². The van der Waals surface area contributed by atoms with Crippen molar-refractivity contribution in [2.45, 2.75) is 31.7 Å². The van der Waals surface area contributed by atoms with Crippen LogP contribution in [0.25, 0.3) is 0 Å². The molecule has 1 rings (SSSR count). The van der Waals surface area contributed by atoms with Gasteiger partial charge < -0.3 is 10.6 Å². The summed E-state index contributed by atoms with van der Waals surface area (Å²) < 4.78 is 21.8. The molecule has 94 valence electrons. The molecule has 1 heterocycles. The second kappa shape index (κ2) is 5.14. The molecule has 0 aromatic carbocycles. The number of hydrogen-bond acceptors (Lipinski definition) is 4. The average Bonchev–Trinajstić information content (AvgIpc) is 2.14. The number of hydrogen-bond donors (Lipinski definition) is 2. The number of sulfone groups is 1. The van der Waals surface area contributed by atoms with E-state index < -0.39 is 9.84 Å². The van der Waals surface area contributed by atoms with Gasteiger partial charge in [0.25, 0.3) is 0 Å². The summed E-state index contributed by atoms with van der Waals surface area (Å²) in [5.41, 5.74) is -0.181. The van der Waals surface area contributed by atoms with E-state index >= 15 is 0 Å². The number of piperidine rings is 1. The number of carbonyl (C=O) groups is 1. The first-order chi connectivity index (χ1) is 7.31. The Kier molecular flexibility index (Phi) is 4.32. The van der Waals surface area contributed by atoms with Crippen LogP contribution in [0.5, 0.6) is 0 Å². The Bertz CT molecular complexity index is 345. The summed E-state index contributed by atoms with van der Waals surface area (Å²) in [6.45, 7) is 3.79. The summed E-state index contributed by atoms with van der Waals surface area (Å²) in [4.78, 5) is 11.6. The maximum Gasteiger partial charge on any atom is 0.221 e. The fourth-order valence-corrected chi connectivity index (χ4v) is 2.34. The Morgan fingerprint density at radius 2 is 1.94 bits per heavy atom. The van der Waals surface area contributed by atoms with Gasteiger partial charge in [0.15, 0.2) is 0 Å². The van der Waals surface area contributed by atoms with Crippen molar-refractivity contribution in [3.8, 4) is 0 Å². The summed E-state index contributed by atoms with van der Waals surface area (Å²) in [6, 6.07) is 0. The third kappa shape index (κ3) is 4.94. The van der Waals surface area contributed by atoms with E-state index in [0.717, 1.165) is 32.2 Å². The van der Waals surface area contributed by atoms with Gasteiger partial charge in [0.05, 0.1) is 5.75 Å². The van der Waals surface area contributed by atoms with Gasteiger partial charge in [-0.15, -0.1) is 0 Å². The van der Waals surface area contributed by atoms with Crippen molar-refractivity contribution in [2.24, 2.45) is 0 Å². The molecule has 0 radical (unpaired) electrons. The number of amides is 1. The Hall–Kier alpha value is -0.620. The van der Waals surface area contributed by atoms with E-state index in [4.69, 9.17) is 0 Å². The topological polar surface area (TPSA) is 75.3 Å². The van der Waals surface area contributed by atoms with Crippen LogP contribution in [0.3, 0.4) is 0 Å². The van der Waals surface area contributed by atoms with Crippen LogP contribution in [0, 0.1) is 0 Å². The van der Waals surface area contributed by atoms with Crippen LogP contribution in [0.2, 0.25) is 0 Å². The minimum atomic E-state index is -3.05. The van der Waals surface area contributed by atoms with Gasteiger partial charge in [-0.25, -0.2) is 8.42 Å². The smallest absolute Gasteiger partial charge is 0.221 e. The van der Waals surface area contributed by atoms with Gasteiger partial charge in [0.1, 0.15) is 9.84 Å². The molecule has 1 aliphatic rings. The molecule has 0 saturated carbocycles. The zero-order valence-corrected chi connectivity index (χ0v) is 10.7. The van der Waals surface area contributed by atoms with Gasteiger partial charge in [-0.1, -0.05) is 0 Å². The lowest BCUT2D eigenvalue weighted by molar-refractivity contribution is -0.122. The van der Waals surface area contributed by atoms with Gasteiger partial charge in [-0.2, -0.15) is 0 Å². The van der Waals surface area contributed by atoms with E-state index in [-0.39, 0.29) is 23.6 Å². The monoisotopic (exact) mass is 248 g/mol. The van der Waals surface area contributed by atoms with E-state index in [2.05, 4.69) is 10.6 Å². The van der Waals surface area contributed by atoms with Crippen LogP contribution in [-0.4, -0.2) is 45.0 Å². The molecule has 5 nitrogen and oxygen atoms in total. The predicted octanol–water partition coefficient (Wildman–Crippen LogP) is -0.321. The molecule has 0 unspecified atom stereocenters. The summed E-state index contributed by atoms with van der Waals surface area (Å²) >= 11 is 0. The fourth-order valence-electron chi connectivity index (χ4n) is 1.78. The molecular weight excluding hydrogens is 228 g/mol. The normalized spacial score (nSPS) is 20.4. The Labute approximate surface area is 96.9 Å². The van der Waals surface area contributed by atoms with E-state index in [1.807, 2.05) is 6.92 Å². The highest BCUT2D eigenvalue weighted by Gasteiger charge is 2.28. The SMILES string of the molecule is CC1(NC(=O)CCS(C)(=O)=O)CCNCC1. The van der Waals surface area contributed by atoms with Crippen LogP contribution in [-0.2, 0) is 14.6 Å². The third-order valence-electron chi connectivity index (χ3n) is 2.85. The lowest BCUT2D eigenvalue weighted by atomic mass is 9.90. The fraction of sp³-hybridized carbons (Fsp3) is 0.900. The highest BCUT2D eigenvalue weighted by molar-refractivity contribution is 7.90. The molecule has 6 heteroatoms.